The lowest BCUT2D eigenvalue weighted by atomic mass is 10.2. The summed E-state index contributed by atoms with van der Waals surface area (Å²) in [4.78, 5) is -0.240. The zero-order valence-electron chi connectivity index (χ0n) is 10.1. The summed E-state index contributed by atoms with van der Waals surface area (Å²) in [6, 6.07) is 4.72. The van der Waals surface area contributed by atoms with Crippen LogP contribution in [0.3, 0.4) is 0 Å². The van der Waals surface area contributed by atoms with Gasteiger partial charge in [-0.15, -0.1) is 0 Å². The molecule has 0 aliphatic carbocycles. The summed E-state index contributed by atoms with van der Waals surface area (Å²) in [5.74, 6) is 4.26. The molecule has 1 aromatic carbocycles. The van der Waals surface area contributed by atoms with E-state index < -0.39 is 15.8 Å². The van der Waals surface area contributed by atoms with Crippen molar-refractivity contribution in [2.24, 2.45) is 5.73 Å². The largest absolute Gasteiger partial charge is 0.363 e. The third kappa shape index (κ3) is 3.14. The highest BCUT2D eigenvalue weighted by Gasteiger charge is 2.17. The second kappa shape index (κ2) is 5.73. The third-order valence-corrected chi connectivity index (χ3v) is 3.61. The summed E-state index contributed by atoms with van der Waals surface area (Å²) in [6.07, 6.45) is 1.21. The molecule has 0 spiro atoms. The predicted octanol–water partition coefficient (Wildman–Crippen LogP) is 0.925. The summed E-state index contributed by atoms with van der Waals surface area (Å²) in [7, 11) is -3.93. The number of rotatable bonds is 3. The second-order valence-electron chi connectivity index (χ2n) is 3.64. The SMILES string of the molecule is NCC#Cc1ccc(S(=O)(=O)Nc2ccon2)cc1F. The van der Waals surface area contributed by atoms with Gasteiger partial charge in [-0.3, -0.25) is 4.72 Å². The lowest BCUT2D eigenvalue weighted by molar-refractivity contribution is 0.423. The number of anilines is 1. The maximum Gasteiger partial charge on any atom is 0.263 e. The molecule has 0 bridgehead atoms. The van der Waals surface area contributed by atoms with Gasteiger partial charge in [-0.2, -0.15) is 0 Å². The molecule has 6 nitrogen and oxygen atoms in total. The van der Waals surface area contributed by atoms with Gasteiger partial charge in [0.05, 0.1) is 17.0 Å². The Morgan fingerprint density at radius 2 is 2.20 bits per heavy atom. The molecular weight excluding hydrogens is 285 g/mol. The van der Waals surface area contributed by atoms with Crippen molar-refractivity contribution in [1.82, 2.24) is 5.16 Å². The zero-order chi connectivity index (χ0) is 14.6. The van der Waals surface area contributed by atoms with E-state index in [2.05, 4.69) is 26.2 Å². The van der Waals surface area contributed by atoms with E-state index in [4.69, 9.17) is 5.73 Å². The van der Waals surface area contributed by atoms with Crippen molar-refractivity contribution in [2.45, 2.75) is 4.90 Å². The van der Waals surface area contributed by atoms with Crippen LogP contribution in [0.4, 0.5) is 10.2 Å². The summed E-state index contributed by atoms with van der Waals surface area (Å²) in [6.45, 7) is 0.0905. The molecule has 0 saturated carbocycles. The molecule has 8 heteroatoms. The van der Waals surface area contributed by atoms with Crippen LogP contribution in [0.25, 0.3) is 0 Å². The minimum absolute atomic E-state index is 0.0115. The molecule has 0 atom stereocenters. The highest BCUT2D eigenvalue weighted by molar-refractivity contribution is 7.92. The number of hydrogen-bond acceptors (Lipinski definition) is 5. The molecule has 0 radical (unpaired) electrons. The molecule has 0 amide bonds. The monoisotopic (exact) mass is 295 g/mol. The van der Waals surface area contributed by atoms with Gasteiger partial charge in [-0.1, -0.05) is 17.0 Å². The van der Waals surface area contributed by atoms with Crippen LogP contribution in [-0.4, -0.2) is 20.1 Å². The van der Waals surface area contributed by atoms with E-state index in [0.29, 0.717) is 0 Å². The maximum atomic E-state index is 13.7. The van der Waals surface area contributed by atoms with E-state index in [1.807, 2.05) is 0 Å². The van der Waals surface area contributed by atoms with Gasteiger partial charge < -0.3 is 10.3 Å². The lowest BCUT2D eigenvalue weighted by Crippen LogP contribution is -2.13. The van der Waals surface area contributed by atoms with Gasteiger partial charge in [0, 0.05) is 6.07 Å². The topological polar surface area (TPSA) is 98.2 Å². The molecule has 20 heavy (non-hydrogen) atoms. The molecule has 0 saturated heterocycles. The van der Waals surface area contributed by atoms with Crippen molar-refractivity contribution >= 4 is 15.8 Å². The number of sulfonamides is 1. The number of nitrogens with two attached hydrogens (primary N) is 1. The van der Waals surface area contributed by atoms with Gasteiger partial charge in [-0.05, 0) is 18.2 Å². The van der Waals surface area contributed by atoms with Crippen molar-refractivity contribution in [2.75, 3.05) is 11.3 Å². The fraction of sp³-hybridized carbons (Fsp3) is 0.0833. The van der Waals surface area contributed by atoms with Gasteiger partial charge in [0.15, 0.2) is 5.82 Å². The van der Waals surface area contributed by atoms with Crippen molar-refractivity contribution < 1.29 is 17.3 Å². The standard InChI is InChI=1S/C12H10FN3O3S/c13-11-8-10(4-3-9(11)2-1-6-14)20(17,18)16-12-5-7-19-15-12/h3-5,7-8H,6,14H2,(H,15,16). The molecule has 0 aliphatic rings. The molecule has 1 aromatic heterocycles. The molecule has 104 valence electrons. The van der Waals surface area contributed by atoms with Gasteiger partial charge in [0.2, 0.25) is 0 Å². The van der Waals surface area contributed by atoms with Gasteiger partial charge >= 0.3 is 0 Å². The van der Waals surface area contributed by atoms with Gasteiger partial charge in [-0.25, -0.2) is 12.8 Å². The molecule has 1 heterocycles. The van der Waals surface area contributed by atoms with Crippen LogP contribution in [0.2, 0.25) is 0 Å². The number of nitrogens with one attached hydrogen (secondary N) is 1. The minimum Gasteiger partial charge on any atom is -0.363 e. The number of nitrogens with zero attached hydrogens (tertiary/aromatic N) is 1. The molecule has 3 N–H and O–H groups in total. The van der Waals surface area contributed by atoms with Crippen LogP contribution in [-0.2, 0) is 10.0 Å². The highest BCUT2D eigenvalue weighted by atomic mass is 32.2. The second-order valence-corrected chi connectivity index (χ2v) is 5.32. The first-order valence-electron chi connectivity index (χ1n) is 5.44. The average Bonchev–Trinajstić information content (AvgIpc) is 2.89. The molecule has 0 fully saturated rings. The highest BCUT2D eigenvalue weighted by Crippen LogP contribution is 2.17. The van der Waals surface area contributed by atoms with Crippen molar-refractivity contribution in [1.29, 1.82) is 0 Å². The fourth-order valence-corrected chi connectivity index (χ4v) is 2.38. The number of aromatic nitrogens is 1. The van der Waals surface area contributed by atoms with Crippen LogP contribution in [0.5, 0.6) is 0 Å². The van der Waals surface area contributed by atoms with E-state index in [-0.39, 0.29) is 22.8 Å². The summed E-state index contributed by atoms with van der Waals surface area (Å²) < 4.78 is 44.3. The Labute approximate surface area is 114 Å². The van der Waals surface area contributed by atoms with Crippen molar-refractivity contribution in [3.05, 3.63) is 41.9 Å². The normalized spacial score (nSPS) is 10.7. The van der Waals surface area contributed by atoms with E-state index in [0.717, 1.165) is 6.07 Å². The Morgan fingerprint density at radius 1 is 1.40 bits per heavy atom. The minimum atomic E-state index is -3.93. The number of benzene rings is 1. The van der Waals surface area contributed by atoms with E-state index in [1.165, 1.54) is 24.5 Å². The Morgan fingerprint density at radius 3 is 2.80 bits per heavy atom. The molecule has 2 aromatic rings. The van der Waals surface area contributed by atoms with Crippen LogP contribution < -0.4 is 10.5 Å². The fourth-order valence-electron chi connectivity index (χ4n) is 1.37. The third-order valence-electron chi connectivity index (χ3n) is 2.25. The summed E-state index contributed by atoms with van der Waals surface area (Å²) in [5, 5.41) is 3.41. The lowest BCUT2D eigenvalue weighted by Gasteiger charge is -2.05. The van der Waals surface area contributed by atoms with Crippen molar-refractivity contribution in [3.63, 3.8) is 0 Å². The molecule has 2 rings (SSSR count). The Kier molecular flexibility index (Phi) is 4.02. The van der Waals surface area contributed by atoms with Crippen molar-refractivity contribution in [3.8, 4) is 11.8 Å². The Bertz CT molecular complexity index is 761. The van der Waals surface area contributed by atoms with Crippen LogP contribution in [0.1, 0.15) is 5.56 Å². The number of halogens is 1. The summed E-state index contributed by atoms with van der Waals surface area (Å²) in [5.41, 5.74) is 5.26. The van der Waals surface area contributed by atoms with Crippen LogP contribution in [0.15, 0.2) is 39.9 Å². The quantitative estimate of drug-likeness (QED) is 0.821. The Balaban J connectivity index is 2.31. The van der Waals surface area contributed by atoms with E-state index >= 15 is 0 Å². The van der Waals surface area contributed by atoms with Crippen LogP contribution in [0, 0.1) is 17.7 Å². The summed E-state index contributed by atoms with van der Waals surface area (Å²) >= 11 is 0. The van der Waals surface area contributed by atoms with Gasteiger partial charge in [0.1, 0.15) is 12.1 Å². The molecule has 0 aliphatic heterocycles. The first kappa shape index (κ1) is 14.0. The smallest absolute Gasteiger partial charge is 0.263 e. The molecule has 0 unspecified atom stereocenters. The zero-order valence-corrected chi connectivity index (χ0v) is 10.9. The average molecular weight is 295 g/mol. The maximum absolute atomic E-state index is 13.7. The Hall–Kier alpha value is -2.37. The first-order chi connectivity index (χ1) is 9.53. The number of hydrogen-bond donors (Lipinski definition) is 2. The van der Waals surface area contributed by atoms with Gasteiger partial charge in [0.25, 0.3) is 10.0 Å². The van der Waals surface area contributed by atoms with E-state index in [9.17, 15) is 12.8 Å². The van der Waals surface area contributed by atoms with E-state index in [1.54, 1.807) is 0 Å². The predicted molar refractivity (Wildman–Crippen MR) is 69.6 cm³/mol. The molecular formula is C12H10FN3O3S. The van der Waals surface area contributed by atoms with Crippen LogP contribution >= 0.6 is 0 Å². The first-order valence-corrected chi connectivity index (χ1v) is 6.93.